The number of nitrogens with one attached hydrogen (secondary N) is 1. The van der Waals surface area contributed by atoms with E-state index < -0.39 is 5.97 Å². The number of carboxylic acids is 1. The second-order valence-electron chi connectivity index (χ2n) is 8.14. The van der Waals surface area contributed by atoms with Gasteiger partial charge in [0.2, 0.25) is 0 Å². The van der Waals surface area contributed by atoms with E-state index in [-0.39, 0.29) is 0 Å². The van der Waals surface area contributed by atoms with Crippen LogP contribution in [0.1, 0.15) is 55.7 Å². The zero-order valence-corrected chi connectivity index (χ0v) is 19.2. The summed E-state index contributed by atoms with van der Waals surface area (Å²) < 4.78 is 11.6. The molecule has 0 spiro atoms. The molecule has 1 fully saturated rings. The van der Waals surface area contributed by atoms with Crippen molar-refractivity contribution in [3.05, 3.63) is 46.5 Å². The van der Waals surface area contributed by atoms with E-state index in [2.05, 4.69) is 29.6 Å². The Morgan fingerprint density at radius 2 is 1.68 bits per heavy atom. The Labute approximate surface area is 185 Å². The van der Waals surface area contributed by atoms with Crippen LogP contribution in [0.5, 0.6) is 11.5 Å². The zero-order chi connectivity index (χ0) is 22.5. The molecule has 2 N–H and O–H groups in total. The van der Waals surface area contributed by atoms with Crippen molar-refractivity contribution < 1.29 is 19.4 Å². The normalized spacial score (nSPS) is 14.5. The first kappa shape index (κ1) is 22.7. The highest BCUT2D eigenvalue weighted by Gasteiger charge is 2.22. The van der Waals surface area contributed by atoms with Gasteiger partial charge in [0.1, 0.15) is 11.5 Å². The summed E-state index contributed by atoms with van der Waals surface area (Å²) in [5.41, 5.74) is 6.00. The SMILES string of the molecule is CC/C(=C\c1c(C)c(OC)c(-c2ccc(NC3CCCC3)cc2)c(C)c1OC)C(=O)O. The third-order valence-electron chi connectivity index (χ3n) is 6.21. The van der Waals surface area contributed by atoms with Crippen molar-refractivity contribution in [3.63, 3.8) is 0 Å². The maximum absolute atomic E-state index is 11.6. The monoisotopic (exact) mass is 423 g/mol. The predicted molar refractivity (Wildman–Crippen MR) is 126 cm³/mol. The molecule has 5 nitrogen and oxygen atoms in total. The van der Waals surface area contributed by atoms with Crippen molar-refractivity contribution >= 4 is 17.7 Å². The van der Waals surface area contributed by atoms with Crippen molar-refractivity contribution in [2.75, 3.05) is 19.5 Å². The van der Waals surface area contributed by atoms with Crippen LogP contribution < -0.4 is 14.8 Å². The molecular formula is C26H33NO4. The zero-order valence-electron chi connectivity index (χ0n) is 19.2. The number of benzene rings is 2. The van der Waals surface area contributed by atoms with Crippen molar-refractivity contribution in [1.82, 2.24) is 0 Å². The van der Waals surface area contributed by atoms with Gasteiger partial charge in [-0.15, -0.1) is 0 Å². The van der Waals surface area contributed by atoms with Gasteiger partial charge >= 0.3 is 5.97 Å². The van der Waals surface area contributed by atoms with E-state index in [1.165, 1.54) is 25.7 Å². The van der Waals surface area contributed by atoms with Crippen LogP contribution in [0, 0.1) is 13.8 Å². The molecule has 1 aliphatic carbocycles. The molecule has 0 aromatic heterocycles. The average molecular weight is 424 g/mol. The number of anilines is 1. The van der Waals surface area contributed by atoms with Crippen molar-refractivity contribution in [1.29, 1.82) is 0 Å². The molecule has 2 aromatic rings. The lowest BCUT2D eigenvalue weighted by atomic mass is 9.91. The highest BCUT2D eigenvalue weighted by atomic mass is 16.5. The molecular weight excluding hydrogens is 390 g/mol. The van der Waals surface area contributed by atoms with Crippen LogP contribution in [-0.4, -0.2) is 31.3 Å². The molecule has 3 rings (SSSR count). The molecule has 0 heterocycles. The van der Waals surface area contributed by atoms with E-state index in [0.717, 1.165) is 39.3 Å². The summed E-state index contributed by atoms with van der Waals surface area (Å²) in [6, 6.07) is 9.00. The second-order valence-corrected chi connectivity index (χ2v) is 8.14. The van der Waals surface area contributed by atoms with E-state index in [0.29, 0.717) is 23.8 Å². The molecule has 0 amide bonds. The fraction of sp³-hybridized carbons (Fsp3) is 0.423. The number of carbonyl (C=O) groups is 1. The molecule has 1 saturated carbocycles. The van der Waals surface area contributed by atoms with Gasteiger partial charge in [-0.2, -0.15) is 0 Å². The first-order valence-electron chi connectivity index (χ1n) is 11.0. The predicted octanol–water partition coefficient (Wildman–Crippen LogP) is 6.22. The summed E-state index contributed by atoms with van der Waals surface area (Å²) in [6.45, 7) is 5.77. The van der Waals surface area contributed by atoms with E-state index in [1.807, 2.05) is 20.8 Å². The molecule has 0 saturated heterocycles. The number of carboxylic acid groups (broad SMARTS) is 1. The maximum Gasteiger partial charge on any atom is 0.331 e. The lowest BCUT2D eigenvalue weighted by Gasteiger charge is -2.22. The quantitative estimate of drug-likeness (QED) is 0.493. The van der Waals surface area contributed by atoms with Crippen LogP contribution >= 0.6 is 0 Å². The topological polar surface area (TPSA) is 67.8 Å². The van der Waals surface area contributed by atoms with Crippen molar-refractivity contribution in [2.24, 2.45) is 0 Å². The molecule has 0 bridgehead atoms. The van der Waals surface area contributed by atoms with Gasteiger partial charge in [0, 0.05) is 39.6 Å². The number of rotatable bonds is 8. The Kier molecular flexibility index (Phi) is 7.26. The third-order valence-corrected chi connectivity index (χ3v) is 6.21. The summed E-state index contributed by atoms with van der Waals surface area (Å²) in [5, 5.41) is 13.1. The van der Waals surface area contributed by atoms with Crippen molar-refractivity contribution in [3.8, 4) is 22.6 Å². The molecule has 2 aromatic carbocycles. The molecule has 1 aliphatic rings. The second kappa shape index (κ2) is 9.90. The molecule has 0 aliphatic heterocycles. The van der Waals surface area contributed by atoms with E-state index in [4.69, 9.17) is 9.47 Å². The van der Waals surface area contributed by atoms with E-state index >= 15 is 0 Å². The molecule has 0 unspecified atom stereocenters. The van der Waals surface area contributed by atoms with E-state index in [9.17, 15) is 9.90 Å². The van der Waals surface area contributed by atoms with E-state index in [1.54, 1.807) is 20.3 Å². The summed E-state index contributed by atoms with van der Waals surface area (Å²) >= 11 is 0. The number of aliphatic carboxylic acids is 1. The van der Waals surface area contributed by atoms with Gasteiger partial charge in [0.05, 0.1) is 14.2 Å². The van der Waals surface area contributed by atoms with Gasteiger partial charge < -0.3 is 19.9 Å². The Morgan fingerprint density at radius 3 is 2.19 bits per heavy atom. The smallest absolute Gasteiger partial charge is 0.331 e. The highest BCUT2D eigenvalue weighted by molar-refractivity contribution is 5.94. The summed E-state index contributed by atoms with van der Waals surface area (Å²) in [6.07, 6.45) is 7.19. The molecule has 0 radical (unpaired) electrons. The average Bonchev–Trinajstić information content (AvgIpc) is 3.27. The van der Waals surface area contributed by atoms with Crippen LogP contribution in [0.3, 0.4) is 0 Å². The minimum Gasteiger partial charge on any atom is -0.496 e. The summed E-state index contributed by atoms with van der Waals surface area (Å²) in [5.74, 6) is 0.491. The molecule has 5 heteroatoms. The minimum atomic E-state index is -0.921. The first-order valence-corrected chi connectivity index (χ1v) is 11.0. The Balaban J connectivity index is 2.08. The number of ether oxygens (including phenoxy) is 2. The summed E-state index contributed by atoms with van der Waals surface area (Å²) in [4.78, 5) is 11.6. The van der Waals surface area contributed by atoms with Gasteiger partial charge in [0.25, 0.3) is 0 Å². The number of hydrogen-bond acceptors (Lipinski definition) is 4. The van der Waals surface area contributed by atoms with Gasteiger partial charge in [-0.3, -0.25) is 0 Å². The Bertz CT molecular complexity index is 970. The number of methoxy groups -OCH3 is 2. The standard InChI is InChI=1S/C26H33NO4/c1-6-18(26(28)29)15-22-16(2)25(31-5)23(17(3)24(22)30-4)19-11-13-21(14-12-19)27-20-9-7-8-10-20/h11-15,20,27H,6-10H2,1-5H3,(H,28,29)/b18-15+. The van der Waals surface area contributed by atoms with Gasteiger partial charge in [0.15, 0.2) is 0 Å². The largest absolute Gasteiger partial charge is 0.496 e. The lowest BCUT2D eigenvalue weighted by Crippen LogP contribution is -2.14. The Morgan fingerprint density at radius 1 is 1.06 bits per heavy atom. The van der Waals surface area contributed by atoms with Crippen LogP contribution in [0.2, 0.25) is 0 Å². The number of hydrogen-bond donors (Lipinski definition) is 2. The molecule has 31 heavy (non-hydrogen) atoms. The third kappa shape index (κ3) is 4.71. The van der Waals surface area contributed by atoms with Crippen LogP contribution in [0.4, 0.5) is 5.69 Å². The molecule has 166 valence electrons. The van der Waals surface area contributed by atoms with Gasteiger partial charge in [-0.1, -0.05) is 31.9 Å². The van der Waals surface area contributed by atoms with Crippen LogP contribution in [-0.2, 0) is 4.79 Å². The Hall–Kier alpha value is -2.95. The first-order chi connectivity index (χ1) is 14.9. The van der Waals surface area contributed by atoms with Crippen LogP contribution in [0.25, 0.3) is 17.2 Å². The highest BCUT2D eigenvalue weighted by Crippen LogP contribution is 2.45. The van der Waals surface area contributed by atoms with Gasteiger partial charge in [-0.25, -0.2) is 4.79 Å². The maximum atomic E-state index is 11.6. The fourth-order valence-electron chi connectivity index (χ4n) is 4.53. The van der Waals surface area contributed by atoms with Crippen molar-refractivity contribution in [2.45, 2.75) is 58.9 Å². The minimum absolute atomic E-state index is 0.331. The van der Waals surface area contributed by atoms with Gasteiger partial charge in [-0.05, 0) is 56.9 Å². The molecule has 0 atom stereocenters. The lowest BCUT2D eigenvalue weighted by molar-refractivity contribution is -0.132. The van der Waals surface area contributed by atoms with Crippen LogP contribution in [0.15, 0.2) is 29.8 Å². The summed E-state index contributed by atoms with van der Waals surface area (Å²) in [7, 11) is 3.27. The fourth-order valence-corrected chi connectivity index (χ4v) is 4.53.